The summed E-state index contributed by atoms with van der Waals surface area (Å²) in [6.45, 7) is 0.655. The zero-order valence-corrected chi connectivity index (χ0v) is 10.4. The monoisotopic (exact) mass is 253 g/mol. The fourth-order valence-electron chi connectivity index (χ4n) is 1.87. The lowest BCUT2D eigenvalue weighted by molar-refractivity contribution is -0.141. The molecule has 2 atom stereocenters. The van der Waals surface area contributed by atoms with Gasteiger partial charge in [-0.05, 0) is 24.3 Å². The van der Waals surface area contributed by atoms with Crippen LogP contribution < -0.4 is 0 Å². The molecular weight excluding hydrogens is 238 g/mol. The highest BCUT2D eigenvalue weighted by Crippen LogP contribution is 2.39. The zero-order chi connectivity index (χ0) is 12.4. The number of carboxylic acids is 1. The average Bonchev–Trinajstić information content (AvgIpc) is 2.94. The number of carboxylic acid groups (broad SMARTS) is 1. The van der Waals surface area contributed by atoms with Gasteiger partial charge in [0.05, 0.1) is 11.8 Å². The van der Waals surface area contributed by atoms with Gasteiger partial charge >= 0.3 is 5.97 Å². The third-order valence-corrected chi connectivity index (χ3v) is 4.01. The molecule has 1 heterocycles. The van der Waals surface area contributed by atoms with E-state index in [1.807, 2.05) is 17.5 Å². The summed E-state index contributed by atoms with van der Waals surface area (Å²) in [5.74, 6) is -1.63. The van der Waals surface area contributed by atoms with Crippen molar-refractivity contribution in [1.82, 2.24) is 4.90 Å². The van der Waals surface area contributed by atoms with Crippen molar-refractivity contribution in [1.29, 1.82) is 0 Å². The molecule has 1 aromatic rings. The lowest BCUT2D eigenvalue weighted by Crippen LogP contribution is -2.31. The van der Waals surface area contributed by atoms with Gasteiger partial charge in [-0.2, -0.15) is 0 Å². The van der Waals surface area contributed by atoms with Crippen LogP contribution in [0.25, 0.3) is 0 Å². The van der Waals surface area contributed by atoms with E-state index in [-0.39, 0.29) is 11.8 Å². The highest BCUT2D eigenvalue weighted by Gasteiger charge is 2.49. The maximum Gasteiger partial charge on any atom is 0.307 e. The predicted molar refractivity (Wildman–Crippen MR) is 64.9 cm³/mol. The fourth-order valence-corrected chi connectivity index (χ4v) is 2.57. The van der Waals surface area contributed by atoms with Gasteiger partial charge in [-0.1, -0.05) is 6.07 Å². The summed E-state index contributed by atoms with van der Waals surface area (Å²) < 4.78 is 0. The van der Waals surface area contributed by atoms with E-state index in [4.69, 9.17) is 5.11 Å². The Morgan fingerprint density at radius 1 is 1.53 bits per heavy atom. The molecule has 0 radical (unpaired) electrons. The van der Waals surface area contributed by atoms with Gasteiger partial charge in [-0.15, -0.1) is 11.3 Å². The standard InChI is InChI=1S/C12H15NO3S/c1-13(5-4-8-3-2-6-17-8)11(14)9-7-10(9)12(15)16/h2-3,6,9-10H,4-5,7H2,1H3,(H,15,16)/t9-,10-/m0/s1. The van der Waals surface area contributed by atoms with Crippen LogP contribution in [-0.4, -0.2) is 35.5 Å². The maximum atomic E-state index is 11.8. The molecule has 1 N–H and O–H groups in total. The maximum absolute atomic E-state index is 11.8. The van der Waals surface area contributed by atoms with E-state index in [1.54, 1.807) is 23.3 Å². The Kier molecular flexibility index (Phi) is 3.47. The fraction of sp³-hybridized carbons (Fsp3) is 0.500. The van der Waals surface area contributed by atoms with E-state index in [1.165, 1.54) is 4.88 Å². The second-order valence-electron chi connectivity index (χ2n) is 4.38. The van der Waals surface area contributed by atoms with E-state index in [0.717, 1.165) is 6.42 Å². The summed E-state index contributed by atoms with van der Waals surface area (Å²) >= 11 is 1.67. The Morgan fingerprint density at radius 2 is 2.29 bits per heavy atom. The molecular formula is C12H15NO3S. The summed E-state index contributed by atoms with van der Waals surface area (Å²) in [6, 6.07) is 4.03. The SMILES string of the molecule is CN(CCc1cccs1)C(=O)[C@H]1C[C@@H]1C(=O)O. The summed E-state index contributed by atoms with van der Waals surface area (Å²) in [7, 11) is 1.74. The molecule has 1 aliphatic rings. The normalized spacial score (nSPS) is 22.2. The molecule has 1 amide bonds. The van der Waals surface area contributed by atoms with Crippen LogP contribution in [-0.2, 0) is 16.0 Å². The molecule has 17 heavy (non-hydrogen) atoms. The number of amides is 1. The first-order valence-electron chi connectivity index (χ1n) is 5.59. The second-order valence-corrected chi connectivity index (χ2v) is 5.41. The van der Waals surface area contributed by atoms with E-state index in [0.29, 0.717) is 13.0 Å². The Morgan fingerprint density at radius 3 is 2.82 bits per heavy atom. The molecule has 0 bridgehead atoms. The van der Waals surface area contributed by atoms with Crippen LogP contribution in [0.4, 0.5) is 0 Å². The van der Waals surface area contributed by atoms with Crippen molar-refractivity contribution in [3.63, 3.8) is 0 Å². The van der Waals surface area contributed by atoms with Crippen molar-refractivity contribution >= 4 is 23.2 Å². The second kappa shape index (κ2) is 4.87. The van der Waals surface area contributed by atoms with Crippen LogP contribution in [0.5, 0.6) is 0 Å². The number of rotatable bonds is 5. The van der Waals surface area contributed by atoms with Crippen LogP contribution in [0, 0.1) is 11.8 Å². The number of carbonyl (C=O) groups is 2. The van der Waals surface area contributed by atoms with Crippen molar-refractivity contribution in [3.05, 3.63) is 22.4 Å². The van der Waals surface area contributed by atoms with Gasteiger partial charge in [-0.3, -0.25) is 9.59 Å². The Bertz CT molecular complexity index is 415. The largest absolute Gasteiger partial charge is 0.481 e. The van der Waals surface area contributed by atoms with E-state index in [9.17, 15) is 9.59 Å². The Labute approximate surface area is 104 Å². The van der Waals surface area contributed by atoms with Crippen molar-refractivity contribution in [2.45, 2.75) is 12.8 Å². The summed E-state index contributed by atoms with van der Waals surface area (Å²) in [5, 5.41) is 10.8. The first-order valence-corrected chi connectivity index (χ1v) is 6.47. The highest BCUT2D eigenvalue weighted by molar-refractivity contribution is 7.09. The molecule has 0 aromatic carbocycles. The average molecular weight is 253 g/mol. The predicted octanol–water partition coefficient (Wildman–Crippen LogP) is 1.47. The Balaban J connectivity index is 1.79. The van der Waals surface area contributed by atoms with Gasteiger partial charge in [-0.25, -0.2) is 0 Å². The van der Waals surface area contributed by atoms with Gasteiger partial charge in [0, 0.05) is 18.5 Å². The van der Waals surface area contributed by atoms with Gasteiger partial charge in [0.15, 0.2) is 0 Å². The minimum atomic E-state index is -0.852. The minimum absolute atomic E-state index is 0.0334. The van der Waals surface area contributed by atoms with E-state index >= 15 is 0 Å². The number of nitrogens with zero attached hydrogens (tertiary/aromatic N) is 1. The van der Waals surface area contributed by atoms with Crippen molar-refractivity contribution in [3.8, 4) is 0 Å². The van der Waals surface area contributed by atoms with Gasteiger partial charge in [0.2, 0.25) is 5.91 Å². The van der Waals surface area contributed by atoms with Crippen molar-refractivity contribution in [2.24, 2.45) is 11.8 Å². The molecule has 92 valence electrons. The molecule has 2 rings (SSSR count). The molecule has 1 aromatic heterocycles. The summed E-state index contributed by atoms with van der Waals surface area (Å²) in [5.41, 5.74) is 0. The summed E-state index contributed by atoms with van der Waals surface area (Å²) in [4.78, 5) is 25.4. The number of hydrogen-bond acceptors (Lipinski definition) is 3. The number of carbonyl (C=O) groups excluding carboxylic acids is 1. The molecule has 1 aliphatic carbocycles. The van der Waals surface area contributed by atoms with Crippen LogP contribution in [0.2, 0.25) is 0 Å². The Hall–Kier alpha value is -1.36. The molecule has 0 unspecified atom stereocenters. The molecule has 4 nitrogen and oxygen atoms in total. The number of thiophene rings is 1. The van der Waals surface area contributed by atoms with Gasteiger partial charge in [0.25, 0.3) is 0 Å². The number of hydrogen-bond donors (Lipinski definition) is 1. The molecule has 5 heteroatoms. The quantitative estimate of drug-likeness (QED) is 0.864. The van der Waals surface area contributed by atoms with E-state index < -0.39 is 11.9 Å². The van der Waals surface area contributed by atoms with Crippen molar-refractivity contribution < 1.29 is 14.7 Å². The molecule has 0 spiro atoms. The smallest absolute Gasteiger partial charge is 0.307 e. The van der Waals surface area contributed by atoms with Crippen LogP contribution >= 0.6 is 11.3 Å². The summed E-state index contributed by atoms with van der Waals surface area (Å²) in [6.07, 6.45) is 1.34. The lowest BCUT2D eigenvalue weighted by atomic mass is 10.2. The molecule has 1 fully saturated rings. The van der Waals surface area contributed by atoms with Crippen LogP contribution in [0.15, 0.2) is 17.5 Å². The van der Waals surface area contributed by atoms with Crippen molar-refractivity contribution in [2.75, 3.05) is 13.6 Å². The van der Waals surface area contributed by atoms with Crippen LogP contribution in [0.3, 0.4) is 0 Å². The van der Waals surface area contributed by atoms with Gasteiger partial charge in [0.1, 0.15) is 0 Å². The van der Waals surface area contributed by atoms with E-state index in [2.05, 4.69) is 0 Å². The number of likely N-dealkylation sites (N-methyl/N-ethyl adjacent to an activating group) is 1. The number of aliphatic carboxylic acids is 1. The third-order valence-electron chi connectivity index (χ3n) is 3.07. The first-order chi connectivity index (χ1) is 8.09. The minimum Gasteiger partial charge on any atom is -0.481 e. The lowest BCUT2D eigenvalue weighted by Gasteiger charge is -2.16. The molecule has 1 saturated carbocycles. The highest BCUT2D eigenvalue weighted by atomic mass is 32.1. The van der Waals surface area contributed by atoms with Crippen LogP contribution in [0.1, 0.15) is 11.3 Å². The topological polar surface area (TPSA) is 57.6 Å². The first kappa shape index (κ1) is 12.1. The van der Waals surface area contributed by atoms with Gasteiger partial charge < -0.3 is 10.0 Å². The zero-order valence-electron chi connectivity index (χ0n) is 9.63. The molecule has 0 aliphatic heterocycles. The molecule has 0 saturated heterocycles. The third kappa shape index (κ3) is 2.85.